The Kier molecular flexibility index (Phi) is 4.80. The summed E-state index contributed by atoms with van der Waals surface area (Å²) in [6, 6.07) is 5.52. The van der Waals surface area contributed by atoms with Gasteiger partial charge in [-0.2, -0.15) is 23.4 Å². The molecule has 1 N–H and O–H groups in total. The first-order valence-electron chi connectivity index (χ1n) is 8.20. The van der Waals surface area contributed by atoms with Gasteiger partial charge in [-0.1, -0.05) is 6.07 Å². The Balaban J connectivity index is 1.71. The number of fused-ring (bicyclic) bond motifs is 1. The van der Waals surface area contributed by atoms with Gasteiger partial charge in [0.1, 0.15) is 6.73 Å². The summed E-state index contributed by atoms with van der Waals surface area (Å²) in [6.45, 7) is 0.189. The minimum atomic E-state index is -4.67. The fourth-order valence-corrected chi connectivity index (χ4v) is 3.35. The number of amides is 1. The highest BCUT2D eigenvalue weighted by Crippen LogP contribution is 2.33. The van der Waals surface area contributed by atoms with Gasteiger partial charge in [0.25, 0.3) is 5.91 Å². The highest BCUT2D eigenvalue weighted by atomic mass is 32.1. The topological polar surface area (TPSA) is 86.3 Å². The minimum Gasteiger partial charge on any atom is -0.362 e. The number of ether oxygens (including phenoxy) is 1. The number of anilines is 1. The van der Waals surface area contributed by atoms with E-state index in [2.05, 4.69) is 20.5 Å². The lowest BCUT2D eigenvalue weighted by molar-refractivity contribution is -0.142. The number of halogens is 3. The Labute approximate surface area is 165 Å². The van der Waals surface area contributed by atoms with Crippen molar-refractivity contribution in [3.63, 3.8) is 0 Å². The lowest BCUT2D eigenvalue weighted by atomic mass is 10.2. The van der Waals surface area contributed by atoms with Crippen molar-refractivity contribution in [3.05, 3.63) is 53.4 Å². The third kappa shape index (κ3) is 3.84. The number of alkyl halides is 3. The maximum atomic E-state index is 13.6. The number of hydrogen-bond acceptors (Lipinski definition) is 6. The van der Waals surface area contributed by atoms with Crippen molar-refractivity contribution in [2.45, 2.75) is 12.9 Å². The van der Waals surface area contributed by atoms with E-state index in [4.69, 9.17) is 4.74 Å². The average molecular weight is 422 g/mol. The highest BCUT2D eigenvalue weighted by Gasteiger charge is 2.35. The maximum absolute atomic E-state index is 13.6. The van der Waals surface area contributed by atoms with Crippen LogP contribution in [0.3, 0.4) is 0 Å². The number of carbonyl (C=O) groups excluding carboxylic acids is 1. The summed E-state index contributed by atoms with van der Waals surface area (Å²) in [7, 11) is 1.49. The van der Waals surface area contributed by atoms with Gasteiger partial charge in [0.05, 0.1) is 28.7 Å². The third-order valence-electron chi connectivity index (χ3n) is 3.88. The molecule has 0 saturated heterocycles. The van der Waals surface area contributed by atoms with Crippen LogP contribution in [0.1, 0.15) is 16.2 Å². The zero-order valence-electron chi connectivity index (χ0n) is 14.8. The molecule has 4 rings (SSSR count). The van der Waals surface area contributed by atoms with Crippen molar-refractivity contribution >= 4 is 28.6 Å². The fraction of sp³-hybridized carbons (Fsp3) is 0.176. The summed E-state index contributed by atoms with van der Waals surface area (Å²) in [5.74, 6) is -0.682. The molecule has 8 nitrogen and oxygen atoms in total. The first-order chi connectivity index (χ1) is 13.8. The molecule has 4 heterocycles. The quantitative estimate of drug-likeness (QED) is 0.532. The van der Waals surface area contributed by atoms with E-state index in [1.165, 1.54) is 41.6 Å². The van der Waals surface area contributed by atoms with Gasteiger partial charge in [0.2, 0.25) is 0 Å². The Morgan fingerprint density at radius 1 is 1.34 bits per heavy atom. The van der Waals surface area contributed by atoms with Gasteiger partial charge in [0.15, 0.2) is 17.0 Å². The zero-order chi connectivity index (χ0) is 20.6. The molecule has 0 unspecified atom stereocenters. The number of nitrogens with one attached hydrogen (secondary N) is 1. The summed E-state index contributed by atoms with van der Waals surface area (Å²) in [6.07, 6.45) is -1.76. The molecular weight excluding hydrogens is 409 g/mol. The second kappa shape index (κ2) is 7.29. The lowest BCUT2D eigenvalue weighted by Gasteiger charge is -2.10. The normalized spacial score (nSPS) is 11.9. The van der Waals surface area contributed by atoms with Gasteiger partial charge >= 0.3 is 6.18 Å². The summed E-state index contributed by atoms with van der Waals surface area (Å²) in [4.78, 5) is 17.3. The molecule has 4 aromatic rings. The van der Waals surface area contributed by atoms with Gasteiger partial charge in [-0.3, -0.25) is 4.79 Å². The summed E-state index contributed by atoms with van der Waals surface area (Å²) in [5, 5.41) is 12.1. The van der Waals surface area contributed by atoms with E-state index in [9.17, 15) is 18.0 Å². The molecule has 12 heteroatoms. The number of rotatable bonds is 5. The molecule has 0 saturated carbocycles. The number of hydrogen-bond donors (Lipinski definition) is 1. The van der Waals surface area contributed by atoms with Gasteiger partial charge in [0, 0.05) is 13.2 Å². The number of thiophene rings is 1. The SMILES string of the molecule is COCn1cc(NC(=O)c2cc3nc(-c4cccs4)cc(C(F)(F)F)n3n2)cn1. The molecule has 0 spiro atoms. The van der Waals surface area contributed by atoms with Crippen LogP contribution in [0.2, 0.25) is 0 Å². The van der Waals surface area contributed by atoms with Crippen LogP contribution < -0.4 is 5.32 Å². The van der Waals surface area contributed by atoms with Crippen LogP contribution in [0, 0.1) is 0 Å². The number of aromatic nitrogens is 5. The molecule has 0 aromatic carbocycles. The number of methoxy groups -OCH3 is 1. The lowest BCUT2D eigenvalue weighted by Crippen LogP contribution is -2.15. The van der Waals surface area contributed by atoms with Gasteiger partial charge in [-0.05, 0) is 17.5 Å². The molecule has 0 atom stereocenters. The van der Waals surface area contributed by atoms with Gasteiger partial charge in [-0.25, -0.2) is 14.2 Å². The standard InChI is InChI=1S/C17H13F3N6O2S/c1-28-9-25-8-10(7-21-25)22-16(27)12-6-15-23-11(13-3-2-4-29-13)5-14(17(18,19)20)26(15)24-12/h2-8H,9H2,1H3,(H,22,27). The fourth-order valence-electron chi connectivity index (χ4n) is 2.66. The molecule has 0 radical (unpaired) electrons. The Morgan fingerprint density at radius 2 is 2.17 bits per heavy atom. The predicted molar refractivity (Wildman–Crippen MR) is 98.5 cm³/mol. The van der Waals surface area contributed by atoms with Crippen molar-refractivity contribution in [2.75, 3.05) is 12.4 Å². The van der Waals surface area contributed by atoms with Crippen LogP contribution in [0.15, 0.2) is 42.0 Å². The van der Waals surface area contributed by atoms with Crippen molar-refractivity contribution in [2.24, 2.45) is 0 Å². The summed E-state index contributed by atoms with van der Waals surface area (Å²) < 4.78 is 47.7. The predicted octanol–water partition coefficient (Wildman–Crippen LogP) is 3.53. The van der Waals surface area contributed by atoms with Crippen LogP contribution in [0.25, 0.3) is 16.2 Å². The summed E-state index contributed by atoms with van der Waals surface area (Å²) in [5.41, 5.74) is -0.785. The molecule has 29 heavy (non-hydrogen) atoms. The van der Waals surface area contributed by atoms with E-state index in [1.807, 2.05) is 0 Å². The largest absolute Gasteiger partial charge is 0.433 e. The number of nitrogens with zero attached hydrogens (tertiary/aromatic N) is 5. The second-order valence-electron chi connectivity index (χ2n) is 5.94. The molecule has 0 fully saturated rings. The maximum Gasteiger partial charge on any atom is 0.433 e. The van der Waals surface area contributed by atoms with Crippen LogP contribution in [-0.4, -0.2) is 37.4 Å². The first kappa shape index (κ1) is 19.1. The molecule has 0 aliphatic heterocycles. The summed E-state index contributed by atoms with van der Waals surface area (Å²) >= 11 is 1.27. The molecule has 1 amide bonds. The van der Waals surface area contributed by atoms with Gasteiger partial charge in [-0.15, -0.1) is 11.3 Å². The smallest absolute Gasteiger partial charge is 0.362 e. The van der Waals surface area contributed by atoms with Gasteiger partial charge < -0.3 is 10.1 Å². The zero-order valence-corrected chi connectivity index (χ0v) is 15.7. The molecule has 0 aliphatic rings. The van der Waals surface area contributed by atoms with Crippen LogP contribution >= 0.6 is 11.3 Å². The second-order valence-corrected chi connectivity index (χ2v) is 6.89. The Bertz CT molecular complexity index is 1170. The Hall–Kier alpha value is -3.25. The van der Waals surface area contributed by atoms with Crippen molar-refractivity contribution in [3.8, 4) is 10.6 Å². The van der Waals surface area contributed by atoms with E-state index in [-0.39, 0.29) is 23.8 Å². The molecule has 4 aromatic heterocycles. The molecule has 0 aliphatic carbocycles. The van der Waals surface area contributed by atoms with Crippen LogP contribution in [-0.2, 0) is 17.6 Å². The first-order valence-corrected chi connectivity index (χ1v) is 9.08. The minimum absolute atomic E-state index is 0.0801. The highest BCUT2D eigenvalue weighted by molar-refractivity contribution is 7.13. The van der Waals surface area contributed by atoms with E-state index in [0.29, 0.717) is 15.1 Å². The van der Waals surface area contributed by atoms with Crippen LogP contribution in [0.4, 0.5) is 18.9 Å². The van der Waals surface area contributed by atoms with E-state index in [0.717, 1.165) is 6.07 Å². The van der Waals surface area contributed by atoms with Crippen LogP contribution in [0.5, 0.6) is 0 Å². The monoisotopic (exact) mass is 422 g/mol. The van der Waals surface area contributed by atoms with E-state index < -0.39 is 17.8 Å². The molecule has 0 bridgehead atoms. The number of carbonyl (C=O) groups is 1. The average Bonchev–Trinajstić information content (AvgIpc) is 3.40. The third-order valence-corrected chi connectivity index (χ3v) is 4.77. The van der Waals surface area contributed by atoms with Crippen molar-refractivity contribution in [1.82, 2.24) is 24.4 Å². The van der Waals surface area contributed by atoms with Crippen molar-refractivity contribution in [1.29, 1.82) is 0 Å². The van der Waals surface area contributed by atoms with E-state index in [1.54, 1.807) is 17.5 Å². The van der Waals surface area contributed by atoms with E-state index >= 15 is 0 Å². The molecule has 150 valence electrons. The Morgan fingerprint density at radius 3 is 2.86 bits per heavy atom. The molecular formula is C17H13F3N6O2S. The van der Waals surface area contributed by atoms with Crippen molar-refractivity contribution < 1.29 is 22.7 Å².